The number of hydrogen-bond acceptors (Lipinski definition) is 3. The van der Waals surface area contributed by atoms with Crippen LogP contribution in [0.5, 0.6) is 0 Å². The Morgan fingerprint density at radius 3 is 2.65 bits per heavy atom. The van der Waals surface area contributed by atoms with Crippen molar-refractivity contribution in [1.29, 1.82) is 0 Å². The van der Waals surface area contributed by atoms with Crippen molar-refractivity contribution >= 4 is 34.5 Å². The standard InChI is InChI=1S/C15H17ClN2OS/c1-9(2)14(12-7-4-8-20-12)18-15(19)10-5-3-6-11(16)13(10)17/h3-9,14H,17H2,1-2H3,(H,18,19). The number of hydrogen-bond donors (Lipinski definition) is 2. The minimum atomic E-state index is -0.197. The molecule has 1 unspecified atom stereocenters. The third-order valence-electron chi connectivity index (χ3n) is 3.10. The number of para-hydroxylation sites is 1. The lowest BCUT2D eigenvalue weighted by Crippen LogP contribution is -2.31. The second-order valence-corrected chi connectivity index (χ2v) is 6.30. The van der Waals surface area contributed by atoms with Gasteiger partial charge in [-0.25, -0.2) is 0 Å². The highest BCUT2D eigenvalue weighted by atomic mass is 35.5. The number of halogens is 1. The highest BCUT2D eigenvalue weighted by Gasteiger charge is 2.21. The first-order valence-corrected chi connectivity index (χ1v) is 7.64. The van der Waals surface area contributed by atoms with E-state index in [0.29, 0.717) is 16.3 Å². The quantitative estimate of drug-likeness (QED) is 0.835. The minimum absolute atomic E-state index is 0.0270. The van der Waals surface area contributed by atoms with Crippen LogP contribution in [0, 0.1) is 5.92 Å². The third-order valence-corrected chi connectivity index (χ3v) is 4.39. The Kier molecular flexibility index (Phi) is 4.68. The van der Waals surface area contributed by atoms with Gasteiger partial charge in [0.05, 0.1) is 22.3 Å². The number of carbonyl (C=O) groups is 1. The summed E-state index contributed by atoms with van der Waals surface area (Å²) in [5.41, 5.74) is 6.60. The Balaban J connectivity index is 2.23. The van der Waals surface area contributed by atoms with Crippen LogP contribution in [0.4, 0.5) is 5.69 Å². The van der Waals surface area contributed by atoms with Crippen molar-refractivity contribution in [2.75, 3.05) is 5.73 Å². The largest absolute Gasteiger partial charge is 0.397 e. The molecule has 1 atom stereocenters. The zero-order valence-corrected chi connectivity index (χ0v) is 13.0. The van der Waals surface area contributed by atoms with E-state index < -0.39 is 0 Å². The summed E-state index contributed by atoms with van der Waals surface area (Å²) in [6.45, 7) is 4.15. The van der Waals surface area contributed by atoms with Gasteiger partial charge in [-0.1, -0.05) is 37.6 Å². The molecule has 5 heteroatoms. The summed E-state index contributed by atoms with van der Waals surface area (Å²) in [6, 6.07) is 9.06. The Hall–Kier alpha value is -1.52. The third kappa shape index (κ3) is 3.14. The molecule has 3 N–H and O–H groups in total. The zero-order valence-electron chi connectivity index (χ0n) is 11.4. The van der Waals surface area contributed by atoms with Crippen LogP contribution < -0.4 is 11.1 Å². The van der Waals surface area contributed by atoms with E-state index in [1.54, 1.807) is 29.5 Å². The highest BCUT2D eigenvalue weighted by Crippen LogP contribution is 2.28. The summed E-state index contributed by atoms with van der Waals surface area (Å²) in [5, 5.41) is 5.44. The average Bonchev–Trinajstić information content (AvgIpc) is 2.92. The number of nitrogens with two attached hydrogens (primary N) is 1. The highest BCUT2D eigenvalue weighted by molar-refractivity contribution is 7.10. The monoisotopic (exact) mass is 308 g/mol. The summed E-state index contributed by atoms with van der Waals surface area (Å²) in [4.78, 5) is 13.5. The maximum Gasteiger partial charge on any atom is 0.253 e. The fourth-order valence-electron chi connectivity index (χ4n) is 1.99. The molecule has 0 bridgehead atoms. The van der Waals surface area contributed by atoms with Crippen LogP contribution in [-0.4, -0.2) is 5.91 Å². The minimum Gasteiger partial charge on any atom is -0.397 e. The van der Waals surface area contributed by atoms with Gasteiger partial charge < -0.3 is 11.1 Å². The lowest BCUT2D eigenvalue weighted by Gasteiger charge is -2.21. The number of benzene rings is 1. The van der Waals surface area contributed by atoms with E-state index in [-0.39, 0.29) is 17.9 Å². The molecular formula is C15H17ClN2OS. The normalized spacial score (nSPS) is 12.4. The fourth-order valence-corrected chi connectivity index (χ4v) is 3.11. The SMILES string of the molecule is CC(C)C(NC(=O)c1cccc(Cl)c1N)c1cccs1. The van der Waals surface area contributed by atoms with Crippen LogP contribution in [-0.2, 0) is 0 Å². The maximum atomic E-state index is 12.4. The van der Waals surface area contributed by atoms with Crippen molar-refractivity contribution in [3.05, 3.63) is 51.2 Å². The van der Waals surface area contributed by atoms with Gasteiger partial charge in [0.1, 0.15) is 0 Å². The van der Waals surface area contributed by atoms with E-state index in [2.05, 4.69) is 19.2 Å². The van der Waals surface area contributed by atoms with Gasteiger partial charge in [0.15, 0.2) is 0 Å². The summed E-state index contributed by atoms with van der Waals surface area (Å²) in [5.74, 6) is 0.0927. The molecule has 1 aromatic carbocycles. The van der Waals surface area contributed by atoms with Gasteiger partial charge >= 0.3 is 0 Å². The number of thiophene rings is 1. The van der Waals surface area contributed by atoms with Gasteiger partial charge in [0.2, 0.25) is 0 Å². The molecular weight excluding hydrogens is 292 g/mol. The molecule has 1 heterocycles. The van der Waals surface area contributed by atoms with E-state index >= 15 is 0 Å². The summed E-state index contributed by atoms with van der Waals surface area (Å²) < 4.78 is 0. The van der Waals surface area contributed by atoms with E-state index in [0.717, 1.165) is 4.88 Å². The van der Waals surface area contributed by atoms with Gasteiger partial charge in [0, 0.05) is 4.88 Å². The number of rotatable bonds is 4. The number of nitrogens with one attached hydrogen (secondary N) is 1. The molecule has 0 saturated heterocycles. The van der Waals surface area contributed by atoms with E-state index in [1.165, 1.54) is 0 Å². The Labute approximate surface area is 127 Å². The molecule has 0 spiro atoms. The predicted molar refractivity (Wildman–Crippen MR) is 85.2 cm³/mol. The Morgan fingerprint density at radius 2 is 2.05 bits per heavy atom. The first-order valence-electron chi connectivity index (χ1n) is 6.39. The zero-order chi connectivity index (χ0) is 14.7. The van der Waals surface area contributed by atoms with Crippen molar-refractivity contribution in [2.24, 2.45) is 5.92 Å². The average molecular weight is 309 g/mol. The molecule has 1 amide bonds. The smallest absolute Gasteiger partial charge is 0.253 e. The second-order valence-electron chi connectivity index (χ2n) is 4.91. The number of anilines is 1. The van der Waals surface area contributed by atoms with Crippen LogP contribution in [0.1, 0.15) is 35.1 Å². The van der Waals surface area contributed by atoms with Gasteiger partial charge in [-0.15, -0.1) is 11.3 Å². The molecule has 1 aromatic heterocycles. The van der Waals surface area contributed by atoms with Crippen LogP contribution in [0.15, 0.2) is 35.7 Å². The summed E-state index contributed by atoms with van der Waals surface area (Å²) in [6.07, 6.45) is 0. The summed E-state index contributed by atoms with van der Waals surface area (Å²) >= 11 is 7.59. The van der Waals surface area contributed by atoms with Crippen molar-refractivity contribution in [2.45, 2.75) is 19.9 Å². The molecule has 0 aliphatic rings. The molecule has 0 saturated carbocycles. The van der Waals surface area contributed by atoms with Crippen LogP contribution in [0.2, 0.25) is 5.02 Å². The van der Waals surface area contributed by atoms with Gasteiger partial charge in [-0.3, -0.25) is 4.79 Å². The van der Waals surface area contributed by atoms with E-state index in [9.17, 15) is 4.79 Å². The predicted octanol–water partition coefficient (Wildman–Crippen LogP) is 4.11. The van der Waals surface area contributed by atoms with E-state index in [1.807, 2.05) is 17.5 Å². The molecule has 20 heavy (non-hydrogen) atoms. The molecule has 106 valence electrons. The second kappa shape index (κ2) is 6.29. The van der Waals surface area contributed by atoms with Crippen molar-refractivity contribution in [3.63, 3.8) is 0 Å². The van der Waals surface area contributed by atoms with Crippen molar-refractivity contribution < 1.29 is 4.79 Å². The van der Waals surface area contributed by atoms with Crippen molar-refractivity contribution in [3.8, 4) is 0 Å². The molecule has 0 radical (unpaired) electrons. The van der Waals surface area contributed by atoms with Crippen molar-refractivity contribution in [1.82, 2.24) is 5.32 Å². The first kappa shape index (κ1) is 14.9. The number of nitrogen functional groups attached to an aromatic ring is 1. The lowest BCUT2D eigenvalue weighted by molar-refractivity contribution is 0.0927. The Bertz CT molecular complexity index is 596. The molecule has 2 aromatic rings. The molecule has 0 aliphatic heterocycles. The molecule has 0 fully saturated rings. The number of carbonyl (C=O) groups excluding carboxylic acids is 1. The van der Waals surface area contributed by atoms with Crippen LogP contribution >= 0.6 is 22.9 Å². The molecule has 2 rings (SSSR count). The lowest BCUT2D eigenvalue weighted by atomic mass is 10.0. The van der Waals surface area contributed by atoms with Gasteiger partial charge in [-0.05, 0) is 29.5 Å². The maximum absolute atomic E-state index is 12.4. The topological polar surface area (TPSA) is 55.1 Å². The summed E-state index contributed by atoms with van der Waals surface area (Å²) in [7, 11) is 0. The van der Waals surface area contributed by atoms with Crippen LogP contribution in [0.3, 0.4) is 0 Å². The van der Waals surface area contributed by atoms with Gasteiger partial charge in [0.25, 0.3) is 5.91 Å². The first-order chi connectivity index (χ1) is 9.50. The number of amides is 1. The molecule has 0 aliphatic carbocycles. The van der Waals surface area contributed by atoms with Crippen LogP contribution in [0.25, 0.3) is 0 Å². The Morgan fingerprint density at radius 1 is 1.30 bits per heavy atom. The fraction of sp³-hybridized carbons (Fsp3) is 0.267. The van der Waals surface area contributed by atoms with Gasteiger partial charge in [-0.2, -0.15) is 0 Å². The molecule has 3 nitrogen and oxygen atoms in total. The van der Waals surface area contributed by atoms with E-state index in [4.69, 9.17) is 17.3 Å².